The second-order valence-electron chi connectivity index (χ2n) is 6.92. The van der Waals surface area contributed by atoms with Gasteiger partial charge in [0, 0.05) is 5.54 Å². The number of hydrogen-bond acceptors (Lipinski definition) is 2. The summed E-state index contributed by atoms with van der Waals surface area (Å²) < 4.78 is 0. The van der Waals surface area contributed by atoms with Crippen LogP contribution >= 0.6 is 0 Å². The van der Waals surface area contributed by atoms with Crippen molar-refractivity contribution < 1.29 is 0 Å². The van der Waals surface area contributed by atoms with E-state index in [9.17, 15) is 0 Å². The van der Waals surface area contributed by atoms with Crippen LogP contribution in [0.1, 0.15) is 36.5 Å². The Labute approximate surface area is 128 Å². The maximum absolute atomic E-state index is 6.63. The number of hydrogen-bond donors (Lipinski definition) is 1. The zero-order valence-corrected chi connectivity index (χ0v) is 13.2. The van der Waals surface area contributed by atoms with Crippen molar-refractivity contribution >= 4 is 6.08 Å². The Morgan fingerprint density at radius 3 is 2.76 bits per heavy atom. The van der Waals surface area contributed by atoms with Crippen molar-refractivity contribution in [1.29, 1.82) is 0 Å². The molecule has 21 heavy (non-hydrogen) atoms. The SMILES string of the molecule is CC1=CC=Cc2cc(CC3(N)CCN(C)CC3)ccc2C1. The third kappa shape index (κ3) is 3.45. The molecule has 2 heteroatoms. The molecule has 2 nitrogen and oxygen atoms in total. The van der Waals surface area contributed by atoms with Gasteiger partial charge in [-0.1, -0.05) is 42.0 Å². The molecule has 3 rings (SSSR count). The normalized spacial score (nSPS) is 21.6. The summed E-state index contributed by atoms with van der Waals surface area (Å²) in [7, 11) is 2.18. The Morgan fingerprint density at radius 2 is 2.00 bits per heavy atom. The average Bonchev–Trinajstić information content (AvgIpc) is 2.63. The van der Waals surface area contributed by atoms with Crippen LogP contribution in [0, 0.1) is 0 Å². The molecular formula is C19H26N2. The van der Waals surface area contributed by atoms with Crippen molar-refractivity contribution in [1.82, 2.24) is 4.90 Å². The summed E-state index contributed by atoms with van der Waals surface area (Å²) in [5.41, 5.74) is 12.2. The smallest absolute Gasteiger partial charge is 0.0219 e. The highest BCUT2D eigenvalue weighted by molar-refractivity contribution is 5.59. The van der Waals surface area contributed by atoms with Gasteiger partial charge in [0.1, 0.15) is 0 Å². The molecule has 0 aromatic heterocycles. The number of fused-ring (bicyclic) bond motifs is 1. The molecule has 1 heterocycles. The summed E-state index contributed by atoms with van der Waals surface area (Å²) in [6.45, 7) is 4.43. The maximum atomic E-state index is 6.63. The maximum Gasteiger partial charge on any atom is 0.0219 e. The van der Waals surface area contributed by atoms with Gasteiger partial charge in [0.15, 0.2) is 0 Å². The molecule has 1 aliphatic heterocycles. The highest BCUT2D eigenvalue weighted by Gasteiger charge is 2.29. The molecule has 2 N–H and O–H groups in total. The van der Waals surface area contributed by atoms with Crippen LogP contribution < -0.4 is 5.73 Å². The highest BCUT2D eigenvalue weighted by Crippen LogP contribution is 2.26. The van der Waals surface area contributed by atoms with Crippen LogP contribution in [0.2, 0.25) is 0 Å². The number of nitrogens with zero attached hydrogens (tertiary/aromatic N) is 1. The average molecular weight is 282 g/mol. The van der Waals surface area contributed by atoms with Crippen molar-refractivity contribution in [2.45, 2.75) is 38.1 Å². The van der Waals surface area contributed by atoms with Gasteiger partial charge in [-0.15, -0.1) is 0 Å². The quantitative estimate of drug-likeness (QED) is 0.903. The van der Waals surface area contributed by atoms with Gasteiger partial charge in [0.05, 0.1) is 0 Å². The lowest BCUT2D eigenvalue weighted by atomic mass is 9.82. The molecule has 0 atom stereocenters. The van der Waals surface area contributed by atoms with Crippen LogP contribution in [0.15, 0.2) is 35.9 Å². The summed E-state index contributed by atoms with van der Waals surface area (Å²) in [5, 5.41) is 0. The van der Waals surface area contributed by atoms with E-state index < -0.39 is 0 Å². The molecule has 0 bridgehead atoms. The van der Waals surface area contributed by atoms with Gasteiger partial charge in [-0.25, -0.2) is 0 Å². The van der Waals surface area contributed by atoms with Crippen LogP contribution in [0.3, 0.4) is 0 Å². The lowest BCUT2D eigenvalue weighted by molar-refractivity contribution is 0.190. The van der Waals surface area contributed by atoms with E-state index >= 15 is 0 Å². The second kappa shape index (κ2) is 5.78. The first-order valence-electron chi connectivity index (χ1n) is 7.97. The largest absolute Gasteiger partial charge is 0.325 e. The predicted molar refractivity (Wildman–Crippen MR) is 90.3 cm³/mol. The van der Waals surface area contributed by atoms with Gasteiger partial charge >= 0.3 is 0 Å². The van der Waals surface area contributed by atoms with Crippen LogP contribution in [0.25, 0.3) is 6.08 Å². The fraction of sp³-hybridized carbons (Fsp3) is 0.474. The van der Waals surface area contributed by atoms with E-state index in [1.165, 1.54) is 22.3 Å². The minimum Gasteiger partial charge on any atom is -0.325 e. The number of benzene rings is 1. The van der Waals surface area contributed by atoms with Crippen molar-refractivity contribution in [3.8, 4) is 0 Å². The summed E-state index contributed by atoms with van der Waals surface area (Å²) in [5.74, 6) is 0. The summed E-state index contributed by atoms with van der Waals surface area (Å²) in [6.07, 6.45) is 10.8. The lowest BCUT2D eigenvalue weighted by Crippen LogP contribution is -2.50. The number of allylic oxidation sites excluding steroid dienone is 3. The van der Waals surface area contributed by atoms with E-state index in [0.29, 0.717) is 0 Å². The molecule has 1 fully saturated rings. The first-order chi connectivity index (χ1) is 10.0. The van der Waals surface area contributed by atoms with Crippen molar-refractivity contribution in [2.75, 3.05) is 20.1 Å². The lowest BCUT2D eigenvalue weighted by Gasteiger charge is -2.38. The van der Waals surface area contributed by atoms with Crippen LogP contribution in [-0.4, -0.2) is 30.6 Å². The molecule has 1 aliphatic carbocycles. The van der Waals surface area contributed by atoms with Crippen LogP contribution in [0.4, 0.5) is 0 Å². The Bertz CT molecular complexity index is 575. The topological polar surface area (TPSA) is 29.3 Å². The number of nitrogens with two attached hydrogens (primary N) is 1. The van der Waals surface area contributed by atoms with E-state index in [4.69, 9.17) is 5.73 Å². The Balaban J connectivity index is 1.77. The molecule has 1 saturated heterocycles. The van der Waals surface area contributed by atoms with Crippen LogP contribution in [-0.2, 0) is 12.8 Å². The number of piperidine rings is 1. The fourth-order valence-electron chi connectivity index (χ4n) is 3.39. The molecule has 0 unspecified atom stereocenters. The molecule has 0 spiro atoms. The Morgan fingerprint density at radius 1 is 1.24 bits per heavy atom. The van der Waals surface area contributed by atoms with Crippen molar-refractivity contribution in [3.05, 3.63) is 52.6 Å². The summed E-state index contributed by atoms with van der Waals surface area (Å²) in [4.78, 5) is 2.37. The van der Waals surface area contributed by atoms with E-state index in [1.54, 1.807) is 0 Å². The monoisotopic (exact) mass is 282 g/mol. The number of likely N-dealkylation sites (tertiary alicyclic amines) is 1. The first-order valence-corrected chi connectivity index (χ1v) is 7.97. The minimum absolute atomic E-state index is 0.0244. The van der Waals surface area contributed by atoms with Crippen molar-refractivity contribution in [3.63, 3.8) is 0 Å². The standard InChI is InChI=1S/C19H26N2/c1-15-4-3-5-17-13-16(6-7-18(17)12-15)14-19(20)8-10-21(2)11-9-19/h3-7,13H,8-12,14,20H2,1-2H3. The van der Waals surface area contributed by atoms with Gasteiger partial charge in [0.2, 0.25) is 0 Å². The Kier molecular flexibility index (Phi) is 4.01. The van der Waals surface area contributed by atoms with E-state index in [1.807, 2.05) is 0 Å². The number of rotatable bonds is 2. The minimum atomic E-state index is -0.0244. The molecule has 1 aromatic carbocycles. The highest BCUT2D eigenvalue weighted by atomic mass is 15.1. The van der Waals surface area contributed by atoms with Gasteiger partial charge in [-0.3, -0.25) is 0 Å². The van der Waals surface area contributed by atoms with E-state index in [0.717, 1.165) is 38.8 Å². The molecule has 0 amide bonds. The molecule has 1 aromatic rings. The molecule has 112 valence electrons. The van der Waals surface area contributed by atoms with Gasteiger partial charge < -0.3 is 10.6 Å². The van der Waals surface area contributed by atoms with E-state index in [2.05, 4.69) is 55.3 Å². The molecule has 0 radical (unpaired) electrons. The second-order valence-corrected chi connectivity index (χ2v) is 6.92. The molecular weight excluding hydrogens is 256 g/mol. The first kappa shape index (κ1) is 14.6. The van der Waals surface area contributed by atoms with Crippen molar-refractivity contribution in [2.24, 2.45) is 5.73 Å². The van der Waals surface area contributed by atoms with Gasteiger partial charge in [-0.05, 0) is 69.4 Å². The zero-order chi connectivity index (χ0) is 14.9. The van der Waals surface area contributed by atoms with Crippen LogP contribution in [0.5, 0.6) is 0 Å². The fourth-order valence-corrected chi connectivity index (χ4v) is 3.39. The predicted octanol–water partition coefficient (Wildman–Crippen LogP) is 3.17. The van der Waals surface area contributed by atoms with E-state index in [-0.39, 0.29) is 5.54 Å². The van der Waals surface area contributed by atoms with Gasteiger partial charge in [0.25, 0.3) is 0 Å². The summed E-state index contributed by atoms with van der Waals surface area (Å²) >= 11 is 0. The molecule has 2 aliphatic rings. The Hall–Kier alpha value is -1.38. The summed E-state index contributed by atoms with van der Waals surface area (Å²) in [6, 6.07) is 6.90. The molecule has 0 saturated carbocycles. The third-order valence-corrected chi connectivity index (χ3v) is 4.88. The third-order valence-electron chi connectivity index (χ3n) is 4.88. The zero-order valence-electron chi connectivity index (χ0n) is 13.2. The van der Waals surface area contributed by atoms with Gasteiger partial charge in [-0.2, -0.15) is 0 Å².